The third-order valence-corrected chi connectivity index (χ3v) is 7.55. The number of likely N-dealkylation sites (N-methyl/N-ethyl adjacent to an activating group) is 1. The Hall–Kier alpha value is -2.45. The average molecular weight is 402 g/mol. The molecule has 3 aromatic rings. The van der Waals surface area contributed by atoms with Gasteiger partial charge in [0.15, 0.2) is 0 Å². The largest absolute Gasteiger partial charge is 0.369 e. The topological polar surface area (TPSA) is 69.3 Å². The molecule has 8 heteroatoms. The van der Waals surface area contributed by atoms with Crippen LogP contribution >= 0.6 is 0 Å². The molecule has 0 aliphatic carbocycles. The average Bonchev–Trinajstić information content (AvgIpc) is 3.16. The van der Waals surface area contributed by atoms with Crippen LogP contribution in [0.25, 0.3) is 11.0 Å². The zero-order valence-corrected chi connectivity index (χ0v) is 16.7. The number of hydrogen-bond donors (Lipinski definition) is 1. The minimum atomic E-state index is -3.88. The van der Waals surface area contributed by atoms with Crippen LogP contribution in [0.15, 0.2) is 53.7 Å². The summed E-state index contributed by atoms with van der Waals surface area (Å²) in [6.07, 6.45) is 4.30. The van der Waals surface area contributed by atoms with Gasteiger partial charge < -0.3 is 9.88 Å². The highest BCUT2D eigenvalue weighted by molar-refractivity contribution is 7.89. The van der Waals surface area contributed by atoms with Crippen molar-refractivity contribution in [3.63, 3.8) is 0 Å². The molecule has 1 saturated heterocycles. The minimum absolute atomic E-state index is 0.0317. The Morgan fingerprint density at radius 3 is 2.82 bits per heavy atom. The molecule has 148 valence electrons. The van der Waals surface area contributed by atoms with Crippen LogP contribution < -0.4 is 4.90 Å². The van der Waals surface area contributed by atoms with Gasteiger partial charge in [-0.1, -0.05) is 19.1 Å². The predicted octanol–water partition coefficient (Wildman–Crippen LogP) is 3.24. The zero-order chi connectivity index (χ0) is 19.9. The lowest BCUT2D eigenvalue weighted by Gasteiger charge is -2.42. The van der Waals surface area contributed by atoms with E-state index in [9.17, 15) is 12.8 Å². The number of nitrogens with zero attached hydrogens (tertiary/aromatic N) is 3. The standard InChI is InChI=1S/C20H23FN4O2S/c1-14-9-12-25(28(26,27)19-6-4-3-5-16(19)21)13-18(14)24(2)17-8-11-23-20-15(17)7-10-22-20/h3-8,10-11,14,18H,9,12-13H2,1-2H3,(H,22,23)/t14-,18?/m1/s1. The van der Waals surface area contributed by atoms with E-state index in [4.69, 9.17) is 0 Å². The number of rotatable bonds is 4. The number of fused-ring (bicyclic) bond motifs is 1. The number of hydrogen-bond acceptors (Lipinski definition) is 4. The summed E-state index contributed by atoms with van der Waals surface area (Å²) < 4.78 is 41.6. The van der Waals surface area contributed by atoms with E-state index in [1.54, 1.807) is 12.3 Å². The van der Waals surface area contributed by atoms with Crippen molar-refractivity contribution in [2.75, 3.05) is 25.0 Å². The third kappa shape index (κ3) is 3.16. The number of H-pyrrole nitrogens is 1. The molecular weight excluding hydrogens is 379 g/mol. The van der Waals surface area contributed by atoms with Crippen LogP contribution in [-0.4, -0.2) is 48.9 Å². The van der Waals surface area contributed by atoms with Crippen molar-refractivity contribution in [2.24, 2.45) is 5.92 Å². The molecule has 1 N–H and O–H groups in total. The molecule has 3 heterocycles. The monoisotopic (exact) mass is 402 g/mol. The molecule has 1 unspecified atom stereocenters. The molecule has 1 aromatic carbocycles. The number of sulfonamides is 1. The molecule has 1 fully saturated rings. The van der Waals surface area contributed by atoms with E-state index in [1.807, 2.05) is 25.4 Å². The van der Waals surface area contributed by atoms with Gasteiger partial charge in [0.05, 0.1) is 0 Å². The first-order valence-corrected chi connectivity index (χ1v) is 10.7. The number of halogens is 1. The van der Waals surface area contributed by atoms with E-state index in [-0.39, 0.29) is 10.9 Å². The van der Waals surface area contributed by atoms with Crippen molar-refractivity contribution < 1.29 is 12.8 Å². The smallest absolute Gasteiger partial charge is 0.246 e. The van der Waals surface area contributed by atoms with E-state index in [0.717, 1.165) is 16.7 Å². The second-order valence-corrected chi connectivity index (χ2v) is 9.21. The van der Waals surface area contributed by atoms with Gasteiger partial charge in [0.1, 0.15) is 16.4 Å². The first-order chi connectivity index (χ1) is 13.4. The van der Waals surface area contributed by atoms with E-state index in [0.29, 0.717) is 25.4 Å². The summed E-state index contributed by atoms with van der Waals surface area (Å²) in [6.45, 7) is 2.82. The maximum Gasteiger partial charge on any atom is 0.246 e. The van der Waals surface area contributed by atoms with Gasteiger partial charge in [0.2, 0.25) is 10.0 Å². The summed E-state index contributed by atoms with van der Waals surface area (Å²) in [7, 11) is -1.91. The van der Waals surface area contributed by atoms with Crippen molar-refractivity contribution in [3.05, 3.63) is 54.6 Å². The van der Waals surface area contributed by atoms with Crippen LogP contribution in [0.5, 0.6) is 0 Å². The van der Waals surface area contributed by atoms with E-state index >= 15 is 0 Å². The molecule has 2 atom stereocenters. The van der Waals surface area contributed by atoms with E-state index < -0.39 is 15.8 Å². The summed E-state index contributed by atoms with van der Waals surface area (Å²) in [5.41, 5.74) is 1.79. The first kappa shape index (κ1) is 18.9. The Labute approximate surface area is 164 Å². The first-order valence-electron chi connectivity index (χ1n) is 9.29. The lowest BCUT2D eigenvalue weighted by atomic mass is 9.93. The van der Waals surface area contributed by atoms with Gasteiger partial charge in [-0.05, 0) is 36.6 Å². The number of piperidine rings is 1. The lowest BCUT2D eigenvalue weighted by molar-refractivity contribution is 0.247. The Morgan fingerprint density at radius 1 is 1.25 bits per heavy atom. The highest BCUT2D eigenvalue weighted by Gasteiger charge is 2.37. The number of nitrogens with one attached hydrogen (secondary N) is 1. The Bertz CT molecular complexity index is 1100. The van der Waals surface area contributed by atoms with Crippen molar-refractivity contribution >= 4 is 26.7 Å². The molecule has 4 rings (SSSR count). The van der Waals surface area contributed by atoms with Crippen LogP contribution in [0, 0.1) is 11.7 Å². The molecule has 1 aliphatic heterocycles. The number of benzene rings is 1. The summed E-state index contributed by atoms with van der Waals surface area (Å²) in [5.74, 6) is -0.423. The van der Waals surface area contributed by atoms with Gasteiger partial charge in [0.25, 0.3) is 0 Å². The second-order valence-electron chi connectivity index (χ2n) is 7.31. The van der Waals surface area contributed by atoms with Gasteiger partial charge >= 0.3 is 0 Å². The molecule has 1 aliphatic rings. The fourth-order valence-electron chi connectivity index (χ4n) is 3.97. The summed E-state index contributed by atoms with van der Waals surface area (Å²) in [5, 5.41) is 0.992. The molecule has 0 amide bonds. The van der Waals surface area contributed by atoms with E-state index in [1.165, 1.54) is 22.5 Å². The van der Waals surface area contributed by atoms with Gasteiger partial charge in [-0.15, -0.1) is 0 Å². The van der Waals surface area contributed by atoms with Crippen LogP contribution in [0.2, 0.25) is 0 Å². The molecule has 0 spiro atoms. The van der Waals surface area contributed by atoms with Crippen LogP contribution in [0.1, 0.15) is 13.3 Å². The quantitative estimate of drug-likeness (QED) is 0.727. The SMILES string of the molecule is C[C@@H]1CCN(S(=O)(=O)c2ccccc2F)CC1N(C)c1ccnc2[nH]ccc12. The predicted molar refractivity (Wildman–Crippen MR) is 107 cm³/mol. The van der Waals surface area contributed by atoms with Gasteiger partial charge in [-0.25, -0.2) is 17.8 Å². The van der Waals surface area contributed by atoms with Crippen molar-refractivity contribution in [1.29, 1.82) is 0 Å². The highest BCUT2D eigenvalue weighted by Crippen LogP contribution is 2.32. The van der Waals surface area contributed by atoms with Gasteiger partial charge in [-0.3, -0.25) is 0 Å². The lowest BCUT2D eigenvalue weighted by Crippen LogP contribution is -2.52. The molecule has 0 radical (unpaired) electrons. The Morgan fingerprint density at radius 2 is 2.04 bits per heavy atom. The van der Waals surface area contributed by atoms with Crippen LogP contribution in [0.4, 0.5) is 10.1 Å². The maximum absolute atomic E-state index is 14.1. The van der Waals surface area contributed by atoms with Crippen molar-refractivity contribution in [3.8, 4) is 0 Å². The molecule has 28 heavy (non-hydrogen) atoms. The molecule has 0 saturated carbocycles. The summed E-state index contributed by atoms with van der Waals surface area (Å²) >= 11 is 0. The molecule has 2 aromatic heterocycles. The third-order valence-electron chi connectivity index (χ3n) is 5.65. The Balaban J connectivity index is 1.65. The fraction of sp³-hybridized carbons (Fsp3) is 0.350. The van der Waals surface area contributed by atoms with Crippen molar-refractivity contribution in [2.45, 2.75) is 24.3 Å². The van der Waals surface area contributed by atoms with Gasteiger partial charge in [0, 0.05) is 49.6 Å². The number of anilines is 1. The van der Waals surface area contributed by atoms with Crippen LogP contribution in [-0.2, 0) is 10.0 Å². The normalized spacial score (nSPS) is 21.1. The second kappa shape index (κ2) is 7.18. The minimum Gasteiger partial charge on any atom is -0.369 e. The van der Waals surface area contributed by atoms with E-state index in [2.05, 4.69) is 21.8 Å². The molecule has 6 nitrogen and oxygen atoms in total. The number of pyridine rings is 1. The summed E-state index contributed by atoms with van der Waals surface area (Å²) in [6, 6.07) is 9.43. The fourth-order valence-corrected chi connectivity index (χ4v) is 5.51. The van der Waals surface area contributed by atoms with Crippen molar-refractivity contribution in [1.82, 2.24) is 14.3 Å². The number of aromatic amines is 1. The maximum atomic E-state index is 14.1. The van der Waals surface area contributed by atoms with Gasteiger partial charge in [-0.2, -0.15) is 4.31 Å². The molecule has 0 bridgehead atoms. The molecular formula is C20H23FN4O2S. The van der Waals surface area contributed by atoms with Crippen LogP contribution in [0.3, 0.4) is 0 Å². The Kier molecular flexibility index (Phi) is 4.84. The zero-order valence-electron chi connectivity index (χ0n) is 15.8. The number of aromatic nitrogens is 2. The highest BCUT2D eigenvalue weighted by atomic mass is 32.2. The summed E-state index contributed by atoms with van der Waals surface area (Å²) in [4.78, 5) is 9.28.